The van der Waals surface area contributed by atoms with Gasteiger partial charge in [0.2, 0.25) is 0 Å². The molecule has 1 aromatic carbocycles. The summed E-state index contributed by atoms with van der Waals surface area (Å²) in [7, 11) is 0. The predicted molar refractivity (Wildman–Crippen MR) is 74.4 cm³/mol. The van der Waals surface area contributed by atoms with E-state index in [2.05, 4.69) is 10.4 Å². The Bertz CT molecular complexity index is 750. The minimum atomic E-state index is -0.365. The van der Waals surface area contributed by atoms with Crippen molar-refractivity contribution in [2.24, 2.45) is 0 Å². The van der Waals surface area contributed by atoms with E-state index in [1.165, 1.54) is 18.4 Å². The number of amides is 1. The maximum atomic E-state index is 13.1. The second kappa shape index (κ2) is 5.62. The summed E-state index contributed by atoms with van der Waals surface area (Å²) >= 11 is 0. The predicted octanol–water partition coefficient (Wildman–Crippen LogP) is 2.92. The Hall–Kier alpha value is -2.89. The summed E-state index contributed by atoms with van der Waals surface area (Å²) < 4.78 is 19.7. The molecule has 0 saturated heterocycles. The van der Waals surface area contributed by atoms with Gasteiger partial charge in [0.15, 0.2) is 11.6 Å². The van der Waals surface area contributed by atoms with Crippen LogP contribution in [0.4, 0.5) is 10.2 Å². The Kier molecular flexibility index (Phi) is 3.51. The number of furan rings is 1. The first-order valence-electron chi connectivity index (χ1n) is 6.33. The third kappa shape index (κ3) is 3.17. The molecule has 2 heterocycles. The highest BCUT2D eigenvalue weighted by Crippen LogP contribution is 2.10. The summed E-state index contributed by atoms with van der Waals surface area (Å²) in [5.74, 6) is -0.0236. The molecule has 0 fully saturated rings. The number of benzene rings is 1. The smallest absolute Gasteiger partial charge is 0.292 e. The Morgan fingerprint density at radius 2 is 2.19 bits per heavy atom. The van der Waals surface area contributed by atoms with Crippen molar-refractivity contribution < 1.29 is 13.6 Å². The van der Waals surface area contributed by atoms with Gasteiger partial charge in [-0.05, 0) is 29.8 Å². The molecule has 3 aromatic rings. The second-order valence-corrected chi connectivity index (χ2v) is 4.46. The first-order chi connectivity index (χ1) is 10.2. The average Bonchev–Trinajstić information content (AvgIpc) is 3.10. The van der Waals surface area contributed by atoms with Crippen LogP contribution in [0, 0.1) is 5.82 Å². The van der Waals surface area contributed by atoms with Crippen molar-refractivity contribution in [3.63, 3.8) is 0 Å². The fourth-order valence-corrected chi connectivity index (χ4v) is 1.92. The molecule has 6 heteroatoms. The molecule has 0 aliphatic heterocycles. The molecule has 106 valence electrons. The number of nitrogens with zero attached hydrogens (tertiary/aromatic N) is 2. The van der Waals surface area contributed by atoms with E-state index in [4.69, 9.17) is 4.42 Å². The molecule has 2 aromatic heterocycles. The number of aromatic nitrogens is 2. The van der Waals surface area contributed by atoms with Gasteiger partial charge < -0.3 is 9.73 Å². The average molecular weight is 285 g/mol. The minimum Gasteiger partial charge on any atom is -0.459 e. The van der Waals surface area contributed by atoms with E-state index in [9.17, 15) is 9.18 Å². The van der Waals surface area contributed by atoms with Gasteiger partial charge in [-0.15, -0.1) is 0 Å². The van der Waals surface area contributed by atoms with E-state index in [1.807, 2.05) is 6.07 Å². The van der Waals surface area contributed by atoms with E-state index in [1.54, 1.807) is 35.1 Å². The van der Waals surface area contributed by atoms with Gasteiger partial charge in [0.25, 0.3) is 5.91 Å². The molecule has 0 spiro atoms. The highest BCUT2D eigenvalue weighted by molar-refractivity contribution is 6.01. The first kappa shape index (κ1) is 13.1. The normalized spacial score (nSPS) is 10.5. The molecular formula is C15H12FN3O2. The van der Waals surface area contributed by atoms with Crippen molar-refractivity contribution in [3.05, 3.63) is 72.1 Å². The van der Waals surface area contributed by atoms with E-state index in [0.717, 1.165) is 5.56 Å². The van der Waals surface area contributed by atoms with Gasteiger partial charge in [0.05, 0.1) is 12.8 Å². The maximum absolute atomic E-state index is 13.1. The van der Waals surface area contributed by atoms with E-state index < -0.39 is 0 Å². The number of carbonyl (C=O) groups excluding carboxylic acids is 1. The number of carbonyl (C=O) groups is 1. The molecule has 0 unspecified atom stereocenters. The SMILES string of the molecule is O=C(Nc1ccn(Cc2cccc(F)c2)n1)c1ccco1. The van der Waals surface area contributed by atoms with Crippen molar-refractivity contribution in [2.75, 3.05) is 5.32 Å². The zero-order valence-electron chi connectivity index (χ0n) is 11.0. The zero-order valence-corrected chi connectivity index (χ0v) is 11.0. The van der Waals surface area contributed by atoms with Crippen molar-refractivity contribution >= 4 is 11.7 Å². The summed E-state index contributed by atoms with van der Waals surface area (Å²) in [6, 6.07) is 11.2. The highest BCUT2D eigenvalue weighted by atomic mass is 19.1. The third-order valence-corrected chi connectivity index (χ3v) is 2.86. The van der Waals surface area contributed by atoms with Crippen LogP contribution in [0.5, 0.6) is 0 Å². The maximum Gasteiger partial charge on any atom is 0.292 e. The van der Waals surface area contributed by atoms with Crippen LogP contribution >= 0.6 is 0 Å². The van der Waals surface area contributed by atoms with Crippen molar-refractivity contribution in [3.8, 4) is 0 Å². The van der Waals surface area contributed by atoms with Crippen LogP contribution in [-0.4, -0.2) is 15.7 Å². The fourth-order valence-electron chi connectivity index (χ4n) is 1.92. The Balaban J connectivity index is 1.68. The van der Waals surface area contributed by atoms with E-state index >= 15 is 0 Å². The highest BCUT2D eigenvalue weighted by Gasteiger charge is 2.10. The lowest BCUT2D eigenvalue weighted by molar-refractivity contribution is 0.0996. The van der Waals surface area contributed by atoms with Gasteiger partial charge in [-0.25, -0.2) is 4.39 Å². The number of hydrogen-bond donors (Lipinski definition) is 1. The second-order valence-electron chi connectivity index (χ2n) is 4.46. The van der Waals surface area contributed by atoms with Gasteiger partial charge in [0.1, 0.15) is 5.82 Å². The lowest BCUT2D eigenvalue weighted by Gasteiger charge is -2.02. The van der Waals surface area contributed by atoms with Gasteiger partial charge >= 0.3 is 0 Å². The molecule has 21 heavy (non-hydrogen) atoms. The van der Waals surface area contributed by atoms with Gasteiger partial charge in [-0.2, -0.15) is 5.10 Å². The molecule has 0 atom stereocenters. The van der Waals surface area contributed by atoms with Crippen molar-refractivity contribution in [1.82, 2.24) is 9.78 Å². The molecule has 0 saturated carbocycles. The Morgan fingerprint density at radius 3 is 2.95 bits per heavy atom. The Labute approximate surface area is 120 Å². The summed E-state index contributed by atoms with van der Waals surface area (Å²) in [5, 5.41) is 6.83. The monoisotopic (exact) mass is 285 g/mol. The van der Waals surface area contributed by atoms with Crippen LogP contribution in [0.2, 0.25) is 0 Å². The largest absolute Gasteiger partial charge is 0.459 e. The fraction of sp³-hybridized carbons (Fsp3) is 0.0667. The summed E-state index contributed by atoms with van der Waals surface area (Å²) in [4.78, 5) is 11.8. The molecule has 1 amide bonds. The topological polar surface area (TPSA) is 60.1 Å². The van der Waals surface area contributed by atoms with Crippen LogP contribution in [-0.2, 0) is 6.54 Å². The van der Waals surface area contributed by atoms with E-state index in [0.29, 0.717) is 12.4 Å². The molecular weight excluding hydrogens is 273 g/mol. The molecule has 0 radical (unpaired) electrons. The quantitative estimate of drug-likeness (QED) is 0.801. The first-order valence-corrected chi connectivity index (χ1v) is 6.33. The summed E-state index contributed by atoms with van der Waals surface area (Å²) in [6.07, 6.45) is 3.14. The third-order valence-electron chi connectivity index (χ3n) is 2.86. The molecule has 5 nitrogen and oxygen atoms in total. The van der Waals surface area contributed by atoms with Crippen molar-refractivity contribution in [1.29, 1.82) is 0 Å². The lowest BCUT2D eigenvalue weighted by atomic mass is 10.2. The summed E-state index contributed by atoms with van der Waals surface area (Å²) in [6.45, 7) is 0.425. The van der Waals surface area contributed by atoms with Crippen molar-refractivity contribution in [2.45, 2.75) is 6.54 Å². The minimum absolute atomic E-state index is 0.217. The number of halogens is 1. The number of rotatable bonds is 4. The lowest BCUT2D eigenvalue weighted by Crippen LogP contribution is -2.12. The van der Waals surface area contributed by atoms with Crippen LogP contribution in [0.3, 0.4) is 0 Å². The molecule has 3 rings (SSSR count). The van der Waals surface area contributed by atoms with Gasteiger partial charge in [0, 0.05) is 12.3 Å². The number of hydrogen-bond acceptors (Lipinski definition) is 3. The van der Waals surface area contributed by atoms with Crippen LogP contribution in [0.1, 0.15) is 16.1 Å². The molecule has 0 aliphatic rings. The number of nitrogens with one attached hydrogen (secondary N) is 1. The summed E-state index contributed by atoms with van der Waals surface area (Å²) in [5.41, 5.74) is 0.794. The van der Waals surface area contributed by atoms with E-state index in [-0.39, 0.29) is 17.5 Å². The molecule has 0 aliphatic carbocycles. The van der Waals surface area contributed by atoms with Crippen LogP contribution in [0.15, 0.2) is 59.3 Å². The standard InChI is InChI=1S/C15H12FN3O2/c16-12-4-1-3-11(9-12)10-19-7-6-14(18-19)17-15(20)13-5-2-8-21-13/h1-9H,10H2,(H,17,18,20). The molecule has 0 bridgehead atoms. The number of anilines is 1. The Morgan fingerprint density at radius 1 is 1.29 bits per heavy atom. The molecule has 1 N–H and O–H groups in total. The zero-order chi connectivity index (χ0) is 14.7. The van der Waals surface area contributed by atoms with Gasteiger partial charge in [-0.1, -0.05) is 12.1 Å². The van der Waals surface area contributed by atoms with Crippen LogP contribution in [0.25, 0.3) is 0 Å². The van der Waals surface area contributed by atoms with Crippen LogP contribution < -0.4 is 5.32 Å². The van der Waals surface area contributed by atoms with Gasteiger partial charge in [-0.3, -0.25) is 9.48 Å².